The Morgan fingerprint density at radius 2 is 2.20 bits per heavy atom. The van der Waals surface area contributed by atoms with Gasteiger partial charge < -0.3 is 10.2 Å². The van der Waals surface area contributed by atoms with Gasteiger partial charge in [0.2, 0.25) is 0 Å². The lowest BCUT2D eigenvalue weighted by atomic mass is 10.1. The van der Waals surface area contributed by atoms with E-state index in [0.29, 0.717) is 5.92 Å². The number of benzene rings is 1. The van der Waals surface area contributed by atoms with Crippen molar-refractivity contribution in [1.82, 2.24) is 0 Å². The molecule has 1 atom stereocenters. The molecule has 0 aromatic heterocycles. The van der Waals surface area contributed by atoms with Crippen LogP contribution in [0.5, 0.6) is 0 Å². The van der Waals surface area contributed by atoms with Crippen molar-refractivity contribution in [2.45, 2.75) is 13.8 Å². The molecule has 0 fully saturated rings. The summed E-state index contributed by atoms with van der Waals surface area (Å²) in [5.74, 6) is 0.681. The summed E-state index contributed by atoms with van der Waals surface area (Å²) in [7, 11) is 2.17. The molecule has 2 rings (SSSR count). The molecule has 0 bridgehead atoms. The van der Waals surface area contributed by atoms with Crippen LogP contribution in [0.25, 0.3) is 0 Å². The minimum absolute atomic E-state index is 0.681. The third kappa shape index (κ3) is 2.12. The Morgan fingerprint density at radius 3 is 2.93 bits per heavy atom. The van der Waals surface area contributed by atoms with Gasteiger partial charge in [-0.3, -0.25) is 0 Å². The first-order chi connectivity index (χ1) is 7.08. The number of nitrogens with one attached hydrogen (secondary N) is 1. The van der Waals surface area contributed by atoms with Crippen molar-refractivity contribution in [2.24, 2.45) is 5.92 Å². The van der Waals surface area contributed by atoms with Crippen molar-refractivity contribution in [3.63, 3.8) is 0 Å². The summed E-state index contributed by atoms with van der Waals surface area (Å²) in [6.07, 6.45) is 0. The van der Waals surface area contributed by atoms with Crippen molar-refractivity contribution >= 4 is 27.3 Å². The molecule has 0 saturated carbocycles. The topological polar surface area (TPSA) is 15.3 Å². The Labute approximate surface area is 99.8 Å². The van der Waals surface area contributed by atoms with Crippen LogP contribution in [-0.2, 0) is 0 Å². The summed E-state index contributed by atoms with van der Waals surface area (Å²) in [5.41, 5.74) is 3.90. The van der Waals surface area contributed by atoms with Gasteiger partial charge in [-0.05, 0) is 30.5 Å². The molecule has 1 aromatic carbocycles. The number of aryl methyl sites for hydroxylation is 1. The molecule has 0 saturated heterocycles. The number of hydrogen-bond donors (Lipinski definition) is 1. The van der Waals surface area contributed by atoms with Crippen LogP contribution < -0.4 is 10.2 Å². The van der Waals surface area contributed by atoms with Gasteiger partial charge in [-0.15, -0.1) is 0 Å². The Kier molecular flexibility index (Phi) is 2.91. The Balaban J connectivity index is 2.48. The SMILES string of the molecule is Cc1cc(Br)cc2c1N(C)CC(C)CN2. The highest BCUT2D eigenvalue weighted by Crippen LogP contribution is 2.34. The fourth-order valence-electron chi connectivity index (χ4n) is 2.28. The van der Waals surface area contributed by atoms with E-state index < -0.39 is 0 Å². The van der Waals surface area contributed by atoms with Gasteiger partial charge >= 0.3 is 0 Å². The smallest absolute Gasteiger partial charge is 0.0630 e. The van der Waals surface area contributed by atoms with Crippen LogP contribution in [-0.4, -0.2) is 20.1 Å². The van der Waals surface area contributed by atoms with Crippen molar-refractivity contribution in [3.8, 4) is 0 Å². The molecule has 1 heterocycles. The molecule has 0 aliphatic carbocycles. The monoisotopic (exact) mass is 268 g/mol. The molecule has 2 nitrogen and oxygen atoms in total. The maximum absolute atomic E-state index is 3.54. The predicted octanol–water partition coefficient (Wildman–Crippen LogP) is 3.26. The van der Waals surface area contributed by atoms with Crippen LogP contribution in [0.15, 0.2) is 16.6 Å². The highest BCUT2D eigenvalue weighted by atomic mass is 79.9. The van der Waals surface area contributed by atoms with Gasteiger partial charge in [0.1, 0.15) is 0 Å². The predicted molar refractivity (Wildman–Crippen MR) is 69.8 cm³/mol. The maximum Gasteiger partial charge on any atom is 0.0630 e. The summed E-state index contributed by atoms with van der Waals surface area (Å²) < 4.78 is 1.15. The van der Waals surface area contributed by atoms with Gasteiger partial charge in [0.05, 0.1) is 11.4 Å². The molecular weight excluding hydrogens is 252 g/mol. The van der Waals surface area contributed by atoms with E-state index >= 15 is 0 Å². The standard InChI is InChI=1S/C12H17BrN2/c1-8-6-14-11-5-10(13)4-9(2)12(11)15(3)7-8/h4-5,8,14H,6-7H2,1-3H3. The normalized spacial score (nSPS) is 20.5. The molecule has 1 aliphatic rings. The maximum atomic E-state index is 3.54. The quantitative estimate of drug-likeness (QED) is 0.777. The fourth-order valence-corrected chi connectivity index (χ4v) is 2.86. The average molecular weight is 269 g/mol. The van der Waals surface area contributed by atoms with Gasteiger partial charge in [0.25, 0.3) is 0 Å². The molecule has 0 spiro atoms. The molecule has 1 N–H and O–H groups in total. The first-order valence-corrected chi connectivity index (χ1v) is 6.12. The van der Waals surface area contributed by atoms with Gasteiger partial charge in [-0.1, -0.05) is 22.9 Å². The van der Waals surface area contributed by atoms with E-state index in [1.807, 2.05) is 0 Å². The fraction of sp³-hybridized carbons (Fsp3) is 0.500. The average Bonchev–Trinajstić information content (AvgIpc) is 2.25. The number of hydrogen-bond acceptors (Lipinski definition) is 2. The van der Waals surface area contributed by atoms with Crippen LogP contribution in [0.2, 0.25) is 0 Å². The summed E-state index contributed by atoms with van der Waals surface area (Å²) >= 11 is 3.54. The van der Waals surface area contributed by atoms with E-state index in [-0.39, 0.29) is 0 Å². The van der Waals surface area contributed by atoms with Crippen molar-refractivity contribution in [1.29, 1.82) is 0 Å². The van der Waals surface area contributed by atoms with Crippen molar-refractivity contribution in [3.05, 3.63) is 22.2 Å². The summed E-state index contributed by atoms with van der Waals surface area (Å²) in [6, 6.07) is 4.34. The van der Waals surface area contributed by atoms with Gasteiger partial charge in [-0.25, -0.2) is 0 Å². The van der Waals surface area contributed by atoms with Gasteiger partial charge in [0, 0.05) is 24.6 Å². The molecule has 82 valence electrons. The Hall–Kier alpha value is -0.700. The first kappa shape index (κ1) is 10.8. The van der Waals surface area contributed by atoms with Crippen LogP contribution in [0.3, 0.4) is 0 Å². The van der Waals surface area contributed by atoms with Crippen LogP contribution in [0.1, 0.15) is 12.5 Å². The van der Waals surface area contributed by atoms with Crippen molar-refractivity contribution < 1.29 is 0 Å². The first-order valence-electron chi connectivity index (χ1n) is 5.33. The van der Waals surface area contributed by atoms with Gasteiger partial charge in [0.15, 0.2) is 0 Å². The lowest BCUT2D eigenvalue weighted by Gasteiger charge is -2.22. The minimum atomic E-state index is 0.681. The number of rotatable bonds is 0. The zero-order valence-electron chi connectivity index (χ0n) is 9.47. The zero-order valence-corrected chi connectivity index (χ0v) is 11.1. The Bertz CT molecular complexity index is 376. The molecule has 1 unspecified atom stereocenters. The highest BCUT2D eigenvalue weighted by molar-refractivity contribution is 9.10. The number of halogens is 1. The largest absolute Gasteiger partial charge is 0.383 e. The second kappa shape index (κ2) is 4.05. The van der Waals surface area contributed by atoms with Crippen LogP contribution in [0.4, 0.5) is 11.4 Å². The second-order valence-electron chi connectivity index (χ2n) is 4.49. The number of anilines is 2. The number of nitrogens with zero attached hydrogens (tertiary/aromatic N) is 1. The second-order valence-corrected chi connectivity index (χ2v) is 5.40. The summed E-state index contributed by atoms with van der Waals surface area (Å²) in [4.78, 5) is 2.35. The third-order valence-corrected chi connectivity index (χ3v) is 3.33. The molecule has 15 heavy (non-hydrogen) atoms. The van der Waals surface area contributed by atoms with E-state index in [0.717, 1.165) is 17.6 Å². The van der Waals surface area contributed by atoms with Crippen LogP contribution >= 0.6 is 15.9 Å². The molecular formula is C12H17BrN2. The van der Waals surface area contributed by atoms with E-state index in [2.05, 4.69) is 59.2 Å². The highest BCUT2D eigenvalue weighted by Gasteiger charge is 2.18. The zero-order chi connectivity index (χ0) is 11.0. The van der Waals surface area contributed by atoms with E-state index in [9.17, 15) is 0 Å². The van der Waals surface area contributed by atoms with E-state index in [1.165, 1.54) is 16.9 Å². The van der Waals surface area contributed by atoms with E-state index in [4.69, 9.17) is 0 Å². The lowest BCUT2D eigenvalue weighted by molar-refractivity contribution is 0.617. The summed E-state index contributed by atoms with van der Waals surface area (Å²) in [5, 5.41) is 3.52. The van der Waals surface area contributed by atoms with E-state index in [1.54, 1.807) is 0 Å². The van der Waals surface area contributed by atoms with Gasteiger partial charge in [-0.2, -0.15) is 0 Å². The lowest BCUT2D eigenvalue weighted by Crippen LogP contribution is -2.24. The number of fused-ring (bicyclic) bond motifs is 1. The van der Waals surface area contributed by atoms with Crippen LogP contribution in [0, 0.1) is 12.8 Å². The summed E-state index contributed by atoms with van der Waals surface area (Å²) in [6.45, 7) is 6.60. The molecule has 1 aromatic rings. The third-order valence-electron chi connectivity index (χ3n) is 2.87. The minimum Gasteiger partial charge on any atom is -0.383 e. The molecule has 1 aliphatic heterocycles. The Morgan fingerprint density at radius 1 is 1.47 bits per heavy atom. The molecule has 0 amide bonds. The molecule has 0 radical (unpaired) electrons. The molecule has 3 heteroatoms. The van der Waals surface area contributed by atoms with Crippen molar-refractivity contribution in [2.75, 3.05) is 30.4 Å².